The first-order valence-corrected chi connectivity index (χ1v) is 17.7. The van der Waals surface area contributed by atoms with Crippen molar-refractivity contribution in [2.24, 2.45) is 11.8 Å². The van der Waals surface area contributed by atoms with Crippen molar-refractivity contribution < 1.29 is 42.1 Å². The minimum atomic E-state index is -2.17. The van der Waals surface area contributed by atoms with Gasteiger partial charge in [-0.05, 0) is 87.3 Å². The van der Waals surface area contributed by atoms with E-state index in [1.807, 2.05) is 6.92 Å². The summed E-state index contributed by atoms with van der Waals surface area (Å²) < 4.78 is 61.3. The number of alkyl halides is 1. The Balaban J connectivity index is 1.38. The molecule has 0 aliphatic heterocycles. The maximum atomic E-state index is 15.3. The molecule has 2 aromatic carbocycles. The molecule has 0 unspecified atom stereocenters. The highest BCUT2D eigenvalue weighted by Crippen LogP contribution is 2.41. The van der Waals surface area contributed by atoms with Crippen LogP contribution in [-0.4, -0.2) is 35.9 Å². The Morgan fingerprint density at radius 3 is 1.91 bits per heavy atom. The lowest BCUT2D eigenvalue weighted by Gasteiger charge is -2.35. The molecule has 6 nitrogen and oxygen atoms in total. The fourth-order valence-corrected chi connectivity index (χ4v) is 6.26. The molecule has 1 saturated carbocycles. The maximum absolute atomic E-state index is 15.3. The van der Waals surface area contributed by atoms with Crippen molar-refractivity contribution in [1.29, 1.82) is 0 Å². The van der Waals surface area contributed by atoms with Gasteiger partial charge in [0.2, 0.25) is 11.5 Å². The number of hydrogen-bond donors (Lipinski definition) is 1. The summed E-state index contributed by atoms with van der Waals surface area (Å²) in [7, 11) is 0. The second kappa shape index (κ2) is 20.2. The van der Waals surface area contributed by atoms with Crippen LogP contribution in [0.4, 0.5) is 13.2 Å². The largest absolute Gasteiger partial charge is 0.493 e. The van der Waals surface area contributed by atoms with E-state index < -0.39 is 40.7 Å². The van der Waals surface area contributed by atoms with E-state index in [9.17, 15) is 23.5 Å². The third kappa shape index (κ3) is 12.1. The van der Waals surface area contributed by atoms with Gasteiger partial charge in [0.25, 0.3) is 0 Å². The lowest BCUT2D eigenvalue weighted by molar-refractivity contribution is -0.157. The van der Waals surface area contributed by atoms with Gasteiger partial charge in [-0.15, -0.1) is 0 Å². The molecule has 9 heteroatoms. The summed E-state index contributed by atoms with van der Waals surface area (Å²) in [6.07, 6.45) is 15.3. The number of rotatable bonds is 22. The van der Waals surface area contributed by atoms with Gasteiger partial charge < -0.3 is 19.3 Å². The number of halogens is 3. The van der Waals surface area contributed by atoms with Crippen molar-refractivity contribution >= 4 is 11.9 Å². The number of carboxylic acid groups (broad SMARTS) is 1. The molecule has 1 aliphatic rings. The second-order valence-electron chi connectivity index (χ2n) is 12.9. The minimum absolute atomic E-state index is 0.0440. The van der Waals surface area contributed by atoms with Crippen LogP contribution in [0, 0.1) is 23.5 Å². The Morgan fingerprint density at radius 1 is 0.745 bits per heavy atom. The molecule has 3 rings (SSSR count). The number of ether oxygens (including phenoxy) is 3. The summed E-state index contributed by atoms with van der Waals surface area (Å²) in [5, 5.41) is 9.52. The predicted octanol–water partition coefficient (Wildman–Crippen LogP) is 10.7. The fraction of sp³-hybridized carbons (Fsp3) is 0.632. The highest BCUT2D eigenvalue weighted by atomic mass is 19.2. The molecule has 0 saturated heterocycles. The predicted molar refractivity (Wildman–Crippen MR) is 177 cm³/mol. The van der Waals surface area contributed by atoms with Gasteiger partial charge in [-0.25, -0.2) is 18.4 Å². The zero-order valence-corrected chi connectivity index (χ0v) is 28.2. The maximum Gasteiger partial charge on any atom is 0.346 e. The van der Waals surface area contributed by atoms with Crippen molar-refractivity contribution in [3.8, 4) is 17.2 Å². The lowest BCUT2D eigenvalue weighted by Crippen LogP contribution is -2.43. The second-order valence-corrected chi connectivity index (χ2v) is 12.9. The van der Waals surface area contributed by atoms with Crippen molar-refractivity contribution in [2.75, 3.05) is 13.2 Å². The van der Waals surface area contributed by atoms with Gasteiger partial charge in [0.1, 0.15) is 11.5 Å². The fourth-order valence-electron chi connectivity index (χ4n) is 6.26. The van der Waals surface area contributed by atoms with Crippen LogP contribution in [0.5, 0.6) is 17.2 Å². The third-order valence-corrected chi connectivity index (χ3v) is 9.29. The minimum Gasteiger partial charge on any atom is -0.493 e. The third-order valence-electron chi connectivity index (χ3n) is 9.29. The van der Waals surface area contributed by atoms with Gasteiger partial charge in [0, 0.05) is 5.92 Å². The van der Waals surface area contributed by atoms with Crippen molar-refractivity contribution in [1.82, 2.24) is 0 Å². The molecule has 1 atom stereocenters. The van der Waals surface area contributed by atoms with Crippen LogP contribution in [0.1, 0.15) is 133 Å². The van der Waals surface area contributed by atoms with Gasteiger partial charge >= 0.3 is 11.9 Å². The highest BCUT2D eigenvalue weighted by molar-refractivity contribution is 5.91. The molecule has 0 radical (unpaired) electrons. The summed E-state index contributed by atoms with van der Waals surface area (Å²) >= 11 is 0. The molecule has 1 aliphatic carbocycles. The topological polar surface area (TPSA) is 82.1 Å². The Labute approximate surface area is 278 Å². The van der Waals surface area contributed by atoms with E-state index in [1.165, 1.54) is 63.1 Å². The standard InChI is InChI=1S/C38H53F3O6/c1-3-5-7-8-9-10-11-12-13-14-26-45-33-24-23-32(34(39)35(33)40)36(42)47-31-21-19-30(20-22-31)46-27-28-15-17-29(18-16-28)38(41,37(43)44)25-6-4-2/h19-24,28-29H,3-18,25-27H2,1-2H3,(H,43,44)/t28?,29?,38-/m0/s1. The van der Waals surface area contributed by atoms with Crippen LogP contribution in [0.25, 0.3) is 0 Å². The number of benzene rings is 2. The molecule has 0 bridgehead atoms. The normalized spacial score (nSPS) is 17.6. The molecular formula is C38H53F3O6. The molecule has 0 heterocycles. The van der Waals surface area contributed by atoms with Crippen molar-refractivity contribution in [2.45, 2.75) is 129 Å². The SMILES string of the molecule is CCCCCCCCCCCCOc1ccc(C(=O)Oc2ccc(OCC3CCC([C@@](F)(CCCC)C(=O)O)CC3)cc2)c(F)c1F. The lowest BCUT2D eigenvalue weighted by atomic mass is 9.72. The van der Waals surface area contributed by atoms with Gasteiger partial charge in [0.15, 0.2) is 11.6 Å². The average molecular weight is 663 g/mol. The van der Waals surface area contributed by atoms with Crippen LogP contribution >= 0.6 is 0 Å². The van der Waals surface area contributed by atoms with E-state index in [1.54, 1.807) is 12.1 Å². The van der Waals surface area contributed by atoms with Gasteiger partial charge in [-0.1, -0.05) is 78.1 Å². The molecule has 1 N–H and O–H groups in total. The average Bonchev–Trinajstić information content (AvgIpc) is 3.07. The summed E-state index contributed by atoms with van der Waals surface area (Å²) in [6, 6.07) is 8.62. The number of carboxylic acids is 1. The Hall–Kier alpha value is -3.23. The summed E-state index contributed by atoms with van der Waals surface area (Å²) in [5.41, 5.74) is -2.70. The van der Waals surface area contributed by atoms with E-state index >= 15 is 4.39 Å². The van der Waals surface area contributed by atoms with Crippen molar-refractivity contribution in [3.63, 3.8) is 0 Å². The van der Waals surface area contributed by atoms with E-state index in [-0.39, 0.29) is 30.4 Å². The Morgan fingerprint density at radius 2 is 1.32 bits per heavy atom. The van der Waals surface area contributed by atoms with E-state index in [0.29, 0.717) is 44.5 Å². The monoisotopic (exact) mass is 662 g/mol. The molecule has 0 amide bonds. The quantitative estimate of drug-likeness (QED) is 0.0768. The van der Waals surface area contributed by atoms with E-state index in [4.69, 9.17) is 14.2 Å². The molecule has 0 aromatic heterocycles. The van der Waals surface area contributed by atoms with Crippen LogP contribution in [0.15, 0.2) is 36.4 Å². The Bertz CT molecular complexity index is 1230. The van der Waals surface area contributed by atoms with E-state index in [0.717, 1.165) is 31.7 Å². The summed E-state index contributed by atoms with van der Waals surface area (Å²) in [6.45, 7) is 4.80. The Kier molecular flexibility index (Phi) is 16.4. The molecule has 1 fully saturated rings. The smallest absolute Gasteiger partial charge is 0.346 e. The number of unbranched alkanes of at least 4 members (excludes halogenated alkanes) is 10. The number of aliphatic carboxylic acids is 1. The zero-order chi connectivity index (χ0) is 34.1. The molecule has 2 aromatic rings. The number of hydrogen-bond acceptors (Lipinski definition) is 5. The number of carbonyl (C=O) groups is 2. The first kappa shape index (κ1) is 38.2. The van der Waals surface area contributed by atoms with Crippen LogP contribution in [0.2, 0.25) is 0 Å². The zero-order valence-electron chi connectivity index (χ0n) is 28.2. The van der Waals surface area contributed by atoms with Crippen LogP contribution in [-0.2, 0) is 4.79 Å². The van der Waals surface area contributed by atoms with Gasteiger partial charge in [-0.3, -0.25) is 0 Å². The summed E-state index contributed by atoms with van der Waals surface area (Å²) in [5.74, 6) is -4.80. The van der Waals surface area contributed by atoms with Crippen molar-refractivity contribution in [3.05, 3.63) is 53.6 Å². The number of esters is 1. The van der Waals surface area contributed by atoms with Gasteiger partial charge in [-0.2, -0.15) is 4.39 Å². The van der Waals surface area contributed by atoms with Crippen LogP contribution in [0.3, 0.4) is 0 Å². The molecule has 0 spiro atoms. The van der Waals surface area contributed by atoms with Crippen LogP contribution < -0.4 is 14.2 Å². The highest BCUT2D eigenvalue weighted by Gasteiger charge is 2.47. The van der Waals surface area contributed by atoms with Gasteiger partial charge in [0.05, 0.1) is 18.8 Å². The van der Waals surface area contributed by atoms with E-state index in [2.05, 4.69) is 6.92 Å². The first-order chi connectivity index (χ1) is 22.7. The first-order valence-electron chi connectivity index (χ1n) is 17.7. The summed E-state index contributed by atoms with van der Waals surface area (Å²) in [4.78, 5) is 24.3. The molecule has 47 heavy (non-hydrogen) atoms. The molecule has 262 valence electrons. The number of carbonyl (C=O) groups excluding carboxylic acids is 1. The molecular weight excluding hydrogens is 609 g/mol.